The molecule has 1 atom stereocenters. The molecule has 0 saturated heterocycles. The molecule has 0 aliphatic heterocycles. The Labute approximate surface area is 109 Å². The van der Waals surface area contributed by atoms with Crippen LogP contribution in [0, 0.1) is 5.92 Å². The zero-order chi connectivity index (χ0) is 13.2. The fourth-order valence-corrected chi connectivity index (χ4v) is 3.79. The van der Waals surface area contributed by atoms with Gasteiger partial charge in [0.25, 0.3) is 0 Å². The first-order chi connectivity index (χ1) is 8.58. The lowest BCUT2D eigenvalue weighted by molar-refractivity contribution is 0.518. The quantitative estimate of drug-likeness (QED) is 0.816. The van der Waals surface area contributed by atoms with Gasteiger partial charge in [-0.25, -0.2) is 13.1 Å². The molecule has 1 aromatic carbocycles. The Morgan fingerprint density at radius 3 is 2.61 bits per heavy atom. The molecule has 4 nitrogen and oxygen atoms in total. The Hall–Kier alpha value is -0.910. The smallest absolute Gasteiger partial charge is 0.241 e. The minimum Gasteiger partial charge on any atom is -0.329 e. The highest BCUT2D eigenvalue weighted by Crippen LogP contribution is 2.33. The van der Waals surface area contributed by atoms with Gasteiger partial charge in [0.05, 0.1) is 4.90 Å². The highest BCUT2D eigenvalue weighted by molar-refractivity contribution is 7.89. The van der Waals surface area contributed by atoms with Gasteiger partial charge in [-0.05, 0) is 36.8 Å². The lowest BCUT2D eigenvalue weighted by atomic mass is 10.2. The monoisotopic (exact) mass is 268 g/mol. The van der Waals surface area contributed by atoms with E-state index in [0.29, 0.717) is 23.8 Å². The van der Waals surface area contributed by atoms with Crippen molar-refractivity contribution in [2.75, 3.05) is 6.54 Å². The van der Waals surface area contributed by atoms with Gasteiger partial charge in [0, 0.05) is 12.6 Å². The normalized spacial score (nSPS) is 17.7. The van der Waals surface area contributed by atoms with Gasteiger partial charge >= 0.3 is 0 Å². The molecule has 100 valence electrons. The van der Waals surface area contributed by atoms with Gasteiger partial charge in [0.1, 0.15) is 0 Å². The van der Waals surface area contributed by atoms with Crippen LogP contribution in [0.15, 0.2) is 29.2 Å². The van der Waals surface area contributed by atoms with Crippen LogP contribution >= 0.6 is 0 Å². The van der Waals surface area contributed by atoms with Gasteiger partial charge in [-0.2, -0.15) is 0 Å². The van der Waals surface area contributed by atoms with Crippen LogP contribution in [0.25, 0.3) is 0 Å². The van der Waals surface area contributed by atoms with Crippen LogP contribution in [0.5, 0.6) is 0 Å². The predicted molar refractivity (Wildman–Crippen MR) is 71.7 cm³/mol. The van der Waals surface area contributed by atoms with Gasteiger partial charge in [0.15, 0.2) is 0 Å². The molecule has 1 aromatic rings. The van der Waals surface area contributed by atoms with Gasteiger partial charge < -0.3 is 5.73 Å². The van der Waals surface area contributed by atoms with Gasteiger partial charge in [-0.1, -0.05) is 25.1 Å². The third kappa shape index (κ3) is 2.91. The summed E-state index contributed by atoms with van der Waals surface area (Å²) in [6.45, 7) is 2.31. The molecule has 1 aliphatic rings. The summed E-state index contributed by atoms with van der Waals surface area (Å²) in [5, 5.41) is 0. The molecular weight excluding hydrogens is 248 g/mol. The summed E-state index contributed by atoms with van der Waals surface area (Å²) in [5.74, 6) is 0.415. The summed E-state index contributed by atoms with van der Waals surface area (Å²) in [6.07, 6.45) is 2.84. The molecule has 5 heteroatoms. The van der Waals surface area contributed by atoms with E-state index in [9.17, 15) is 8.42 Å². The molecular formula is C13H20N2O2S. The molecule has 0 bridgehead atoms. The molecule has 1 aliphatic carbocycles. The minimum absolute atomic E-state index is 0.125. The minimum atomic E-state index is -3.45. The van der Waals surface area contributed by atoms with Crippen LogP contribution in [0.3, 0.4) is 0 Å². The standard InChI is InChI=1S/C13H20N2O2S/c1-2-10-5-3-4-6-13(10)18(16,17)15-12(9-14)11-7-8-11/h3-6,11-12,15H,2,7-9,14H2,1H3. The fraction of sp³-hybridized carbons (Fsp3) is 0.538. The molecule has 1 unspecified atom stereocenters. The van der Waals surface area contributed by atoms with E-state index in [4.69, 9.17) is 5.73 Å². The van der Waals surface area contributed by atoms with Crippen LogP contribution in [0.1, 0.15) is 25.3 Å². The Bertz CT molecular complexity index is 509. The van der Waals surface area contributed by atoms with Crippen LogP contribution < -0.4 is 10.5 Å². The van der Waals surface area contributed by atoms with E-state index < -0.39 is 10.0 Å². The number of hydrogen-bond acceptors (Lipinski definition) is 3. The summed E-state index contributed by atoms with van der Waals surface area (Å²) in [6, 6.07) is 6.99. The number of rotatable bonds is 6. The van der Waals surface area contributed by atoms with Crippen LogP contribution in [0.4, 0.5) is 0 Å². The third-order valence-electron chi connectivity index (χ3n) is 3.39. The zero-order valence-electron chi connectivity index (χ0n) is 10.6. The highest BCUT2D eigenvalue weighted by Gasteiger charge is 2.33. The summed E-state index contributed by atoms with van der Waals surface area (Å²) in [5.41, 5.74) is 6.49. The Balaban J connectivity index is 2.24. The molecule has 0 aromatic heterocycles. The average molecular weight is 268 g/mol. The number of sulfonamides is 1. The predicted octanol–water partition coefficient (Wildman–Crippen LogP) is 1.26. The first-order valence-corrected chi connectivity index (χ1v) is 7.87. The number of aryl methyl sites for hydroxylation is 1. The first-order valence-electron chi connectivity index (χ1n) is 6.38. The second-order valence-electron chi connectivity index (χ2n) is 4.76. The second-order valence-corrected chi connectivity index (χ2v) is 6.44. The molecule has 3 N–H and O–H groups in total. The zero-order valence-corrected chi connectivity index (χ0v) is 11.4. The lowest BCUT2D eigenvalue weighted by Gasteiger charge is -2.17. The molecule has 0 spiro atoms. The molecule has 2 rings (SSSR count). The Morgan fingerprint density at radius 2 is 2.06 bits per heavy atom. The highest BCUT2D eigenvalue weighted by atomic mass is 32.2. The van der Waals surface area contributed by atoms with Crippen molar-refractivity contribution in [2.24, 2.45) is 11.7 Å². The van der Waals surface area contributed by atoms with E-state index in [2.05, 4.69) is 4.72 Å². The molecule has 18 heavy (non-hydrogen) atoms. The second kappa shape index (κ2) is 5.38. The van der Waals surface area contributed by atoms with Crippen molar-refractivity contribution < 1.29 is 8.42 Å². The van der Waals surface area contributed by atoms with Crippen LogP contribution in [0.2, 0.25) is 0 Å². The summed E-state index contributed by atoms with van der Waals surface area (Å²) in [7, 11) is -3.45. The van der Waals surface area contributed by atoms with Gasteiger partial charge in [-0.15, -0.1) is 0 Å². The van der Waals surface area contributed by atoms with Crippen molar-refractivity contribution in [3.8, 4) is 0 Å². The number of hydrogen-bond donors (Lipinski definition) is 2. The average Bonchev–Trinajstić information content (AvgIpc) is 3.20. The number of nitrogens with two attached hydrogens (primary N) is 1. The van der Waals surface area contributed by atoms with E-state index >= 15 is 0 Å². The SMILES string of the molecule is CCc1ccccc1S(=O)(=O)NC(CN)C1CC1. The molecule has 0 heterocycles. The van der Waals surface area contributed by atoms with Crippen molar-refractivity contribution >= 4 is 10.0 Å². The molecule has 1 saturated carbocycles. The first kappa shape index (κ1) is 13.5. The van der Waals surface area contributed by atoms with E-state index in [1.165, 1.54) is 0 Å². The Morgan fingerprint density at radius 1 is 1.39 bits per heavy atom. The summed E-state index contributed by atoms with van der Waals surface area (Å²) in [4.78, 5) is 0.381. The van der Waals surface area contributed by atoms with E-state index in [1.807, 2.05) is 19.1 Å². The van der Waals surface area contributed by atoms with Crippen molar-refractivity contribution in [1.82, 2.24) is 4.72 Å². The van der Waals surface area contributed by atoms with Crippen LogP contribution in [-0.2, 0) is 16.4 Å². The largest absolute Gasteiger partial charge is 0.329 e. The maximum absolute atomic E-state index is 12.3. The molecule has 0 radical (unpaired) electrons. The number of nitrogens with one attached hydrogen (secondary N) is 1. The fourth-order valence-electron chi connectivity index (χ4n) is 2.16. The summed E-state index contributed by atoms with van der Waals surface area (Å²) < 4.78 is 27.4. The van der Waals surface area contributed by atoms with Gasteiger partial charge in [0.2, 0.25) is 10.0 Å². The van der Waals surface area contributed by atoms with Gasteiger partial charge in [-0.3, -0.25) is 0 Å². The van der Waals surface area contributed by atoms with Crippen molar-refractivity contribution in [3.63, 3.8) is 0 Å². The van der Waals surface area contributed by atoms with Crippen molar-refractivity contribution in [1.29, 1.82) is 0 Å². The Kier molecular flexibility index (Phi) is 4.04. The third-order valence-corrected chi connectivity index (χ3v) is 4.98. The topological polar surface area (TPSA) is 72.2 Å². The maximum atomic E-state index is 12.3. The maximum Gasteiger partial charge on any atom is 0.241 e. The van der Waals surface area contributed by atoms with Crippen molar-refractivity contribution in [2.45, 2.75) is 37.1 Å². The summed E-state index contributed by atoms with van der Waals surface area (Å²) >= 11 is 0. The van der Waals surface area contributed by atoms with E-state index in [-0.39, 0.29) is 6.04 Å². The molecule has 1 fully saturated rings. The van der Waals surface area contributed by atoms with E-state index in [0.717, 1.165) is 18.4 Å². The number of benzene rings is 1. The van der Waals surface area contributed by atoms with Crippen LogP contribution in [-0.4, -0.2) is 21.0 Å². The lowest BCUT2D eigenvalue weighted by Crippen LogP contribution is -2.41. The van der Waals surface area contributed by atoms with Crippen molar-refractivity contribution in [3.05, 3.63) is 29.8 Å². The molecule has 0 amide bonds. The van der Waals surface area contributed by atoms with E-state index in [1.54, 1.807) is 12.1 Å².